The average Bonchev–Trinajstić information content (AvgIpc) is 3.19. The fourth-order valence-corrected chi connectivity index (χ4v) is 3.38. The van der Waals surface area contributed by atoms with Crippen molar-refractivity contribution in [2.75, 3.05) is 11.9 Å². The molecule has 142 valence electrons. The topological polar surface area (TPSA) is 116 Å². The minimum absolute atomic E-state index is 0. The van der Waals surface area contributed by atoms with Crippen LogP contribution in [-0.2, 0) is 29.0 Å². The van der Waals surface area contributed by atoms with Crippen molar-refractivity contribution in [3.8, 4) is 0 Å². The van der Waals surface area contributed by atoms with Crippen LogP contribution in [0.15, 0.2) is 24.3 Å². The van der Waals surface area contributed by atoms with Crippen LogP contribution < -0.4 is 16.0 Å². The third-order valence-corrected chi connectivity index (χ3v) is 4.78. The van der Waals surface area contributed by atoms with Crippen molar-refractivity contribution in [2.24, 2.45) is 5.92 Å². The maximum Gasteiger partial charge on any atom is 0.276 e. The zero-order chi connectivity index (χ0) is 18.1. The van der Waals surface area contributed by atoms with E-state index in [2.05, 4.69) is 26.1 Å². The van der Waals surface area contributed by atoms with Crippen LogP contribution >= 0.6 is 12.4 Å². The highest BCUT2D eigenvalue weighted by atomic mass is 35.5. The second-order valence-corrected chi connectivity index (χ2v) is 6.62. The Hall–Kier alpha value is -2.71. The number of anilines is 1. The summed E-state index contributed by atoms with van der Waals surface area (Å²) >= 11 is 0. The number of carbonyl (C=O) groups is 3. The number of imide groups is 1. The van der Waals surface area contributed by atoms with Gasteiger partial charge in [-0.1, -0.05) is 12.1 Å². The van der Waals surface area contributed by atoms with Gasteiger partial charge in [0.15, 0.2) is 5.69 Å². The number of nitrogens with one attached hydrogen (secondary N) is 4. The number of aromatic amines is 1. The smallest absolute Gasteiger partial charge is 0.276 e. The van der Waals surface area contributed by atoms with Crippen molar-refractivity contribution in [3.05, 3.63) is 46.8 Å². The number of hydrogen-bond acceptors (Lipinski definition) is 5. The summed E-state index contributed by atoms with van der Waals surface area (Å²) in [5.41, 5.74) is 3.94. The first-order chi connectivity index (χ1) is 12.6. The number of H-pyrrole nitrogens is 1. The molecule has 1 atom stereocenters. The normalized spacial score (nSPS) is 18.4. The molecule has 1 fully saturated rings. The van der Waals surface area contributed by atoms with Crippen molar-refractivity contribution in [1.29, 1.82) is 0 Å². The molecule has 1 aromatic carbocycles. The van der Waals surface area contributed by atoms with E-state index >= 15 is 0 Å². The van der Waals surface area contributed by atoms with Gasteiger partial charge in [-0.25, -0.2) is 0 Å². The molecule has 2 aromatic rings. The fraction of sp³-hybridized carbons (Fsp3) is 0.333. The van der Waals surface area contributed by atoms with Crippen LogP contribution in [0.4, 0.5) is 5.69 Å². The molecular formula is C18H20ClN5O3. The van der Waals surface area contributed by atoms with E-state index in [1.165, 1.54) is 0 Å². The van der Waals surface area contributed by atoms with Gasteiger partial charge in [0.1, 0.15) is 0 Å². The van der Waals surface area contributed by atoms with Gasteiger partial charge >= 0.3 is 0 Å². The summed E-state index contributed by atoms with van der Waals surface area (Å²) in [7, 11) is 0. The van der Waals surface area contributed by atoms with Crippen LogP contribution in [0.5, 0.6) is 0 Å². The number of hydrogen-bond donors (Lipinski definition) is 4. The Balaban J connectivity index is 0.00000210. The standard InChI is InChI=1S/C18H19N5O3.ClH/c24-15-8-11(17(25)21-15)7-10-1-3-12(4-2-10)20-18(26)16-13-9-19-6-5-14(13)22-23-16;/h1-4,11,19H,5-9H2,(H,20,26)(H,22,23)(H,21,24,25);1H. The molecule has 2 aliphatic heterocycles. The van der Waals surface area contributed by atoms with Gasteiger partial charge in [0.25, 0.3) is 5.91 Å². The molecule has 9 heteroatoms. The molecule has 0 saturated carbocycles. The number of amides is 3. The van der Waals surface area contributed by atoms with Gasteiger partial charge in [0, 0.05) is 42.9 Å². The van der Waals surface area contributed by atoms with E-state index in [4.69, 9.17) is 0 Å². The maximum atomic E-state index is 12.5. The summed E-state index contributed by atoms with van der Waals surface area (Å²) in [5, 5.41) is 15.5. The summed E-state index contributed by atoms with van der Waals surface area (Å²) in [6, 6.07) is 7.29. The molecule has 8 nitrogen and oxygen atoms in total. The van der Waals surface area contributed by atoms with Crippen LogP contribution in [0.3, 0.4) is 0 Å². The van der Waals surface area contributed by atoms with Gasteiger partial charge in [0.2, 0.25) is 11.8 Å². The van der Waals surface area contributed by atoms with E-state index in [-0.39, 0.29) is 42.5 Å². The Morgan fingerprint density at radius 3 is 2.70 bits per heavy atom. The van der Waals surface area contributed by atoms with E-state index < -0.39 is 0 Å². The zero-order valence-corrected chi connectivity index (χ0v) is 15.3. The quantitative estimate of drug-likeness (QED) is 0.581. The highest BCUT2D eigenvalue weighted by Gasteiger charge is 2.30. The summed E-state index contributed by atoms with van der Waals surface area (Å²) < 4.78 is 0. The van der Waals surface area contributed by atoms with Gasteiger partial charge in [-0.15, -0.1) is 12.4 Å². The lowest BCUT2D eigenvalue weighted by Gasteiger charge is -2.13. The van der Waals surface area contributed by atoms with Crippen molar-refractivity contribution in [3.63, 3.8) is 0 Å². The number of benzene rings is 1. The lowest BCUT2D eigenvalue weighted by molar-refractivity contribution is -0.125. The summed E-state index contributed by atoms with van der Waals surface area (Å²) in [6.07, 6.45) is 1.57. The second-order valence-electron chi connectivity index (χ2n) is 6.62. The Bertz CT molecular complexity index is 878. The molecule has 1 saturated heterocycles. The predicted molar refractivity (Wildman–Crippen MR) is 101 cm³/mol. The van der Waals surface area contributed by atoms with Gasteiger partial charge < -0.3 is 10.6 Å². The summed E-state index contributed by atoms with van der Waals surface area (Å²) in [5.74, 6) is -1.00. The minimum atomic E-state index is -0.314. The summed E-state index contributed by atoms with van der Waals surface area (Å²) in [4.78, 5) is 35.4. The van der Waals surface area contributed by atoms with Crippen molar-refractivity contribution >= 4 is 35.8 Å². The largest absolute Gasteiger partial charge is 0.321 e. The maximum absolute atomic E-state index is 12.5. The first-order valence-electron chi connectivity index (χ1n) is 8.61. The predicted octanol–water partition coefficient (Wildman–Crippen LogP) is 0.935. The highest BCUT2D eigenvalue weighted by Crippen LogP contribution is 2.20. The molecule has 0 radical (unpaired) electrons. The Morgan fingerprint density at radius 2 is 2.00 bits per heavy atom. The number of rotatable bonds is 4. The first kappa shape index (κ1) is 19.1. The molecule has 2 aliphatic rings. The Morgan fingerprint density at radius 1 is 1.22 bits per heavy atom. The molecule has 4 rings (SSSR count). The lowest BCUT2D eigenvalue weighted by Crippen LogP contribution is -2.25. The van der Waals surface area contributed by atoms with Crippen LogP contribution in [0, 0.1) is 5.92 Å². The number of halogens is 1. The average molecular weight is 390 g/mol. The van der Waals surface area contributed by atoms with Crippen LogP contribution in [0.2, 0.25) is 0 Å². The third-order valence-electron chi connectivity index (χ3n) is 4.78. The summed E-state index contributed by atoms with van der Waals surface area (Å²) in [6.45, 7) is 1.51. The number of fused-ring (bicyclic) bond motifs is 1. The number of carbonyl (C=O) groups excluding carboxylic acids is 3. The molecule has 3 heterocycles. The van der Waals surface area contributed by atoms with E-state index in [1.807, 2.05) is 12.1 Å². The number of aromatic nitrogens is 2. The molecule has 0 spiro atoms. The van der Waals surface area contributed by atoms with Crippen molar-refractivity contribution in [2.45, 2.75) is 25.8 Å². The lowest BCUT2D eigenvalue weighted by atomic mass is 9.98. The zero-order valence-electron chi connectivity index (χ0n) is 14.5. The molecule has 0 bridgehead atoms. The molecule has 3 amide bonds. The molecule has 1 unspecified atom stereocenters. The third kappa shape index (κ3) is 4.01. The fourth-order valence-electron chi connectivity index (χ4n) is 3.38. The van der Waals surface area contributed by atoms with Gasteiger partial charge in [0.05, 0.1) is 5.92 Å². The van der Waals surface area contributed by atoms with Crippen LogP contribution in [0.25, 0.3) is 0 Å². The molecular weight excluding hydrogens is 370 g/mol. The monoisotopic (exact) mass is 389 g/mol. The van der Waals surface area contributed by atoms with Gasteiger partial charge in [-0.3, -0.25) is 24.8 Å². The molecule has 0 aliphatic carbocycles. The van der Waals surface area contributed by atoms with Gasteiger partial charge in [-0.2, -0.15) is 5.10 Å². The molecule has 27 heavy (non-hydrogen) atoms. The molecule has 4 N–H and O–H groups in total. The minimum Gasteiger partial charge on any atom is -0.321 e. The Labute approximate surface area is 161 Å². The van der Waals surface area contributed by atoms with E-state index in [0.29, 0.717) is 24.3 Å². The van der Waals surface area contributed by atoms with Crippen LogP contribution in [-0.4, -0.2) is 34.5 Å². The SMILES string of the molecule is Cl.O=C1CC(Cc2ccc(NC(=O)c3n[nH]c4c3CNCC4)cc2)C(=O)N1. The van der Waals surface area contributed by atoms with Crippen molar-refractivity contribution < 1.29 is 14.4 Å². The van der Waals surface area contributed by atoms with E-state index in [0.717, 1.165) is 29.8 Å². The second kappa shape index (κ2) is 7.89. The highest BCUT2D eigenvalue weighted by molar-refractivity contribution is 6.04. The van der Waals surface area contributed by atoms with E-state index in [9.17, 15) is 14.4 Å². The first-order valence-corrected chi connectivity index (χ1v) is 8.61. The Kier molecular flexibility index (Phi) is 5.57. The molecule has 1 aromatic heterocycles. The number of nitrogens with zero attached hydrogens (tertiary/aromatic N) is 1. The van der Waals surface area contributed by atoms with E-state index in [1.54, 1.807) is 12.1 Å². The van der Waals surface area contributed by atoms with Gasteiger partial charge in [-0.05, 0) is 24.1 Å². The van der Waals surface area contributed by atoms with Crippen molar-refractivity contribution in [1.82, 2.24) is 20.8 Å². The van der Waals surface area contributed by atoms with Crippen LogP contribution in [0.1, 0.15) is 33.7 Å².